The van der Waals surface area contributed by atoms with Crippen LogP contribution in [0.25, 0.3) is 0 Å². The maximum absolute atomic E-state index is 13.4. The molecule has 0 aliphatic carbocycles. The first-order valence-corrected chi connectivity index (χ1v) is 14.3. The van der Waals surface area contributed by atoms with Crippen LogP contribution in [-0.2, 0) is 25.6 Å². The van der Waals surface area contributed by atoms with E-state index in [1.54, 1.807) is 12.1 Å². The molecular formula is C27H47N11O6. The minimum absolute atomic E-state index is 0.0310. The molecule has 0 aromatic heterocycles. The number of nitrogens with zero attached hydrogens (tertiary/aromatic N) is 2. The summed E-state index contributed by atoms with van der Waals surface area (Å²) < 4.78 is 0. The molecule has 3 amide bonds. The van der Waals surface area contributed by atoms with E-state index in [4.69, 9.17) is 34.4 Å². The van der Waals surface area contributed by atoms with Crippen LogP contribution >= 0.6 is 0 Å². The van der Waals surface area contributed by atoms with Crippen molar-refractivity contribution in [1.29, 1.82) is 0 Å². The number of unbranched alkanes of at least 4 members (excludes halogenated alkanes) is 1. The maximum atomic E-state index is 13.4. The van der Waals surface area contributed by atoms with Gasteiger partial charge in [-0.2, -0.15) is 0 Å². The average Bonchev–Trinajstić information content (AvgIpc) is 2.96. The number of hydrogen-bond donors (Lipinski definition) is 11. The van der Waals surface area contributed by atoms with Gasteiger partial charge in [0, 0.05) is 13.1 Å². The monoisotopic (exact) mass is 621 g/mol. The Hall–Kier alpha value is -4.64. The zero-order chi connectivity index (χ0) is 33.1. The van der Waals surface area contributed by atoms with Crippen molar-refractivity contribution < 1.29 is 29.4 Å². The van der Waals surface area contributed by atoms with Gasteiger partial charge in [-0.15, -0.1) is 0 Å². The van der Waals surface area contributed by atoms with Gasteiger partial charge >= 0.3 is 5.97 Å². The number of aliphatic imine (C=N–C) groups is 2. The molecule has 17 nitrogen and oxygen atoms in total. The number of carboxylic acid groups (broad SMARTS) is 1. The van der Waals surface area contributed by atoms with E-state index in [1.165, 1.54) is 12.1 Å². The molecule has 0 saturated carbocycles. The number of amides is 3. The van der Waals surface area contributed by atoms with E-state index >= 15 is 0 Å². The van der Waals surface area contributed by atoms with E-state index < -0.39 is 47.9 Å². The SMILES string of the molecule is NCCCCC(NC(=O)C(N)Cc1ccc(O)cc1)C(=O)NC(CCCN=C(N)N)C(=O)NC(CCCN=C(N)N)C(=O)O. The van der Waals surface area contributed by atoms with Gasteiger partial charge in [0.05, 0.1) is 6.04 Å². The second kappa shape index (κ2) is 20.3. The number of carbonyl (C=O) groups is 4. The molecule has 44 heavy (non-hydrogen) atoms. The Bertz CT molecular complexity index is 1120. The van der Waals surface area contributed by atoms with Gasteiger partial charge in [-0.1, -0.05) is 12.1 Å². The predicted octanol–water partition coefficient (Wildman–Crippen LogP) is -2.96. The lowest BCUT2D eigenvalue weighted by Crippen LogP contribution is -2.57. The van der Waals surface area contributed by atoms with Crippen LogP contribution < -0.4 is 50.4 Å². The lowest BCUT2D eigenvalue weighted by molar-refractivity contribution is -0.142. The molecule has 1 rings (SSSR count). The fraction of sp³-hybridized carbons (Fsp3) is 0.556. The van der Waals surface area contributed by atoms with E-state index in [1.807, 2.05) is 0 Å². The van der Waals surface area contributed by atoms with E-state index in [2.05, 4.69) is 25.9 Å². The van der Waals surface area contributed by atoms with Crippen molar-refractivity contribution in [1.82, 2.24) is 16.0 Å². The third-order valence-electron chi connectivity index (χ3n) is 6.45. The first-order valence-electron chi connectivity index (χ1n) is 14.3. The molecule has 17 heteroatoms. The smallest absolute Gasteiger partial charge is 0.326 e. The molecule has 0 radical (unpaired) electrons. The number of phenolic OH excluding ortho intramolecular Hbond substituents is 1. The van der Waals surface area contributed by atoms with Gasteiger partial charge in [-0.05, 0) is 75.6 Å². The highest BCUT2D eigenvalue weighted by Gasteiger charge is 2.30. The molecule has 0 bridgehead atoms. The molecule has 0 spiro atoms. The summed E-state index contributed by atoms with van der Waals surface area (Å²) in [7, 11) is 0. The summed E-state index contributed by atoms with van der Waals surface area (Å²) in [6.07, 6.45) is 2.10. The van der Waals surface area contributed by atoms with E-state index in [0.29, 0.717) is 24.9 Å². The van der Waals surface area contributed by atoms with Crippen molar-refractivity contribution in [2.24, 2.45) is 44.4 Å². The minimum atomic E-state index is -1.27. The van der Waals surface area contributed by atoms with Crippen molar-refractivity contribution in [2.45, 2.75) is 75.5 Å². The summed E-state index contributed by atoms with van der Waals surface area (Å²) in [5, 5.41) is 26.9. The fourth-order valence-electron chi connectivity index (χ4n) is 4.10. The summed E-state index contributed by atoms with van der Waals surface area (Å²) in [5.74, 6) is -3.48. The Balaban J connectivity index is 3.04. The number of benzene rings is 1. The van der Waals surface area contributed by atoms with Crippen molar-refractivity contribution in [3.05, 3.63) is 29.8 Å². The molecule has 0 heterocycles. The van der Waals surface area contributed by atoms with E-state index in [-0.39, 0.29) is 69.3 Å². The minimum Gasteiger partial charge on any atom is -0.508 e. The summed E-state index contributed by atoms with van der Waals surface area (Å²) in [5.41, 5.74) is 33.7. The van der Waals surface area contributed by atoms with Gasteiger partial charge in [-0.3, -0.25) is 24.4 Å². The summed E-state index contributed by atoms with van der Waals surface area (Å²) >= 11 is 0. The zero-order valence-corrected chi connectivity index (χ0v) is 24.8. The predicted molar refractivity (Wildman–Crippen MR) is 166 cm³/mol. The second-order valence-electron chi connectivity index (χ2n) is 10.2. The molecule has 0 aliphatic rings. The van der Waals surface area contributed by atoms with Crippen LogP contribution in [0.4, 0.5) is 0 Å². The Morgan fingerprint density at radius 1 is 0.705 bits per heavy atom. The van der Waals surface area contributed by atoms with Crippen molar-refractivity contribution in [3.8, 4) is 5.75 Å². The highest BCUT2D eigenvalue weighted by molar-refractivity contribution is 5.94. The first kappa shape index (κ1) is 37.4. The Labute approximate surface area is 256 Å². The van der Waals surface area contributed by atoms with Gasteiger partial charge in [0.2, 0.25) is 17.7 Å². The van der Waals surface area contributed by atoms with Crippen LogP contribution in [0.3, 0.4) is 0 Å². The van der Waals surface area contributed by atoms with Crippen LogP contribution in [0, 0.1) is 0 Å². The van der Waals surface area contributed by atoms with Crippen LogP contribution in [0.5, 0.6) is 5.75 Å². The Kier molecular flexibility index (Phi) is 17.2. The van der Waals surface area contributed by atoms with Crippen LogP contribution in [0.15, 0.2) is 34.3 Å². The second-order valence-corrected chi connectivity index (χ2v) is 10.2. The van der Waals surface area contributed by atoms with E-state index in [9.17, 15) is 29.4 Å². The Morgan fingerprint density at radius 2 is 1.16 bits per heavy atom. The summed E-state index contributed by atoms with van der Waals surface area (Å²) in [6, 6.07) is 1.71. The zero-order valence-electron chi connectivity index (χ0n) is 24.8. The molecule has 17 N–H and O–H groups in total. The van der Waals surface area contributed by atoms with Crippen molar-refractivity contribution in [3.63, 3.8) is 0 Å². The summed E-state index contributed by atoms with van der Waals surface area (Å²) in [4.78, 5) is 59.1. The maximum Gasteiger partial charge on any atom is 0.326 e. The van der Waals surface area contributed by atoms with Crippen LogP contribution in [-0.4, -0.2) is 89.6 Å². The average molecular weight is 622 g/mol. The number of aromatic hydroxyl groups is 1. The lowest BCUT2D eigenvalue weighted by Gasteiger charge is -2.25. The van der Waals surface area contributed by atoms with Crippen LogP contribution in [0.1, 0.15) is 50.5 Å². The molecule has 0 aliphatic heterocycles. The first-order chi connectivity index (χ1) is 20.8. The topological polar surface area (TPSA) is 326 Å². The number of carbonyl (C=O) groups excluding carboxylic acids is 3. The number of nitrogens with two attached hydrogens (primary N) is 6. The molecular weight excluding hydrogens is 574 g/mol. The highest BCUT2D eigenvalue weighted by Crippen LogP contribution is 2.12. The summed E-state index contributed by atoms with van der Waals surface area (Å²) in [6.45, 7) is 0.698. The standard InChI is InChI=1S/C27H47N11O6/c28-12-2-1-5-19(36-22(40)18(29)15-16-8-10-17(39)11-9-16)23(41)37-20(6-3-13-34-26(30)31)24(42)38-21(25(43)44)7-4-14-35-27(32)33/h8-11,18-21,39H,1-7,12-15,28-29H2,(H,36,40)(H,37,41)(H,38,42)(H,43,44)(H4,30,31,34)(H4,32,33,35). The molecule has 1 aromatic carbocycles. The molecule has 1 aromatic rings. The molecule has 4 unspecified atom stereocenters. The van der Waals surface area contributed by atoms with Gasteiger partial charge in [0.15, 0.2) is 11.9 Å². The largest absolute Gasteiger partial charge is 0.508 e. The van der Waals surface area contributed by atoms with Gasteiger partial charge in [-0.25, -0.2) is 4.79 Å². The number of phenols is 1. The number of hydrogen-bond acceptors (Lipinski definition) is 9. The quantitative estimate of drug-likeness (QED) is 0.0372. The van der Waals surface area contributed by atoms with Gasteiger partial charge in [0.25, 0.3) is 0 Å². The molecule has 0 fully saturated rings. The fourth-order valence-corrected chi connectivity index (χ4v) is 4.10. The number of aliphatic carboxylic acids is 1. The number of nitrogens with one attached hydrogen (secondary N) is 3. The van der Waals surface area contributed by atoms with Crippen molar-refractivity contribution >= 4 is 35.6 Å². The van der Waals surface area contributed by atoms with Crippen molar-refractivity contribution in [2.75, 3.05) is 19.6 Å². The molecule has 0 saturated heterocycles. The van der Waals surface area contributed by atoms with Gasteiger partial charge < -0.3 is 60.6 Å². The third-order valence-corrected chi connectivity index (χ3v) is 6.45. The number of guanidine groups is 2. The number of rotatable bonds is 21. The van der Waals surface area contributed by atoms with Crippen LogP contribution in [0.2, 0.25) is 0 Å². The highest BCUT2D eigenvalue weighted by atomic mass is 16.4. The third kappa shape index (κ3) is 15.5. The molecule has 4 atom stereocenters. The number of carboxylic acids is 1. The normalized spacial score (nSPS) is 13.4. The lowest BCUT2D eigenvalue weighted by atomic mass is 10.0. The van der Waals surface area contributed by atoms with E-state index in [0.717, 1.165) is 0 Å². The van der Waals surface area contributed by atoms with Gasteiger partial charge in [0.1, 0.15) is 23.9 Å². The Morgan fingerprint density at radius 3 is 1.64 bits per heavy atom. The molecule has 246 valence electrons.